The van der Waals surface area contributed by atoms with Crippen LogP contribution in [0, 0.1) is 20.8 Å². The van der Waals surface area contributed by atoms with Gasteiger partial charge in [0.2, 0.25) is 0 Å². The number of hydrogen-bond donors (Lipinski definition) is 0. The molecule has 0 bridgehead atoms. The van der Waals surface area contributed by atoms with Crippen LogP contribution < -0.4 is 0 Å². The van der Waals surface area contributed by atoms with Crippen LogP contribution in [-0.2, 0) is 19.4 Å². The normalized spacial score (nSPS) is 13.5. The lowest BCUT2D eigenvalue weighted by atomic mass is 9.99. The largest absolute Gasteiger partial charge is 0.334 e. The number of amides is 1. The smallest absolute Gasteiger partial charge is 0.259 e. The highest BCUT2D eigenvalue weighted by Crippen LogP contribution is 2.24. The van der Waals surface area contributed by atoms with Gasteiger partial charge < -0.3 is 4.90 Å². The maximum absolute atomic E-state index is 13.3. The Bertz CT molecular complexity index is 1290. The minimum absolute atomic E-state index is 0.00193. The summed E-state index contributed by atoms with van der Waals surface area (Å²) in [6.45, 7) is 7.53. The van der Waals surface area contributed by atoms with E-state index < -0.39 is 0 Å². The number of benzene rings is 2. The van der Waals surface area contributed by atoms with Gasteiger partial charge in [-0.1, -0.05) is 54.1 Å². The number of aryl methyl sites for hydroxylation is 3. The van der Waals surface area contributed by atoms with Crippen LogP contribution in [0.15, 0.2) is 54.7 Å². The van der Waals surface area contributed by atoms with Crippen molar-refractivity contribution in [3.63, 3.8) is 0 Å². The lowest BCUT2D eigenvalue weighted by molar-refractivity contribution is 0.0736. The zero-order valence-corrected chi connectivity index (χ0v) is 18.2. The minimum atomic E-state index is 0.00193. The first-order valence-corrected chi connectivity index (χ1v) is 10.8. The van der Waals surface area contributed by atoms with Crippen LogP contribution in [0.25, 0.3) is 5.65 Å². The van der Waals surface area contributed by atoms with Gasteiger partial charge in [-0.25, -0.2) is 9.50 Å². The van der Waals surface area contributed by atoms with Crippen molar-refractivity contribution in [3.8, 4) is 0 Å². The molecule has 1 aliphatic heterocycles. The van der Waals surface area contributed by atoms with Gasteiger partial charge in [0, 0.05) is 30.9 Å². The molecule has 31 heavy (non-hydrogen) atoms. The highest BCUT2D eigenvalue weighted by Gasteiger charge is 2.25. The van der Waals surface area contributed by atoms with Crippen molar-refractivity contribution in [1.82, 2.24) is 19.5 Å². The van der Waals surface area contributed by atoms with E-state index in [0.717, 1.165) is 36.3 Å². The Morgan fingerprint density at radius 2 is 1.74 bits per heavy atom. The van der Waals surface area contributed by atoms with E-state index in [1.165, 1.54) is 22.3 Å². The van der Waals surface area contributed by atoms with Crippen molar-refractivity contribution in [2.75, 3.05) is 6.54 Å². The number of carbonyl (C=O) groups excluding carboxylic acids is 1. The highest BCUT2D eigenvalue weighted by molar-refractivity contribution is 5.99. The van der Waals surface area contributed by atoms with Gasteiger partial charge in [-0.2, -0.15) is 5.10 Å². The first-order chi connectivity index (χ1) is 15.0. The molecular formula is C26H26N4O. The number of rotatable bonds is 3. The second-order valence-electron chi connectivity index (χ2n) is 8.46. The Hall–Kier alpha value is -3.47. The molecule has 0 atom stereocenters. The number of hydrogen-bond acceptors (Lipinski definition) is 3. The predicted molar refractivity (Wildman–Crippen MR) is 121 cm³/mol. The van der Waals surface area contributed by atoms with Crippen LogP contribution in [-0.4, -0.2) is 31.9 Å². The summed E-state index contributed by atoms with van der Waals surface area (Å²) in [5.41, 5.74) is 9.41. The third-order valence-electron chi connectivity index (χ3n) is 6.36. The first kappa shape index (κ1) is 19.5. The molecule has 4 aromatic rings. The molecule has 5 nitrogen and oxygen atoms in total. The SMILES string of the molecule is Cc1ccc(Cc2c(C)nc3c(C(=O)N4CCc5ccccc5C4)cnn3c2C)cc1. The number of aromatic nitrogens is 3. The molecule has 2 aromatic heterocycles. The Morgan fingerprint density at radius 1 is 1.00 bits per heavy atom. The fourth-order valence-electron chi connectivity index (χ4n) is 4.47. The Kier molecular flexibility index (Phi) is 4.81. The summed E-state index contributed by atoms with van der Waals surface area (Å²) in [5, 5.41) is 4.54. The second-order valence-corrected chi connectivity index (χ2v) is 8.46. The maximum atomic E-state index is 13.3. The molecule has 0 fully saturated rings. The maximum Gasteiger partial charge on any atom is 0.259 e. The Balaban J connectivity index is 1.47. The van der Waals surface area contributed by atoms with Crippen molar-refractivity contribution in [2.45, 2.75) is 40.2 Å². The summed E-state index contributed by atoms with van der Waals surface area (Å²) in [4.78, 5) is 20.1. The summed E-state index contributed by atoms with van der Waals surface area (Å²) in [7, 11) is 0. The standard InChI is InChI=1S/C26H26N4O/c1-17-8-10-20(11-9-17)14-23-18(2)28-25-24(15-27-30(25)19(23)3)26(31)29-13-12-21-6-4-5-7-22(21)16-29/h4-11,15H,12-14,16H2,1-3H3. The molecule has 1 aliphatic rings. The molecule has 2 aromatic carbocycles. The summed E-state index contributed by atoms with van der Waals surface area (Å²) in [6, 6.07) is 16.9. The lowest BCUT2D eigenvalue weighted by Gasteiger charge is -2.28. The van der Waals surface area contributed by atoms with Gasteiger partial charge in [0.05, 0.1) is 6.20 Å². The Morgan fingerprint density at radius 3 is 2.52 bits per heavy atom. The van der Waals surface area contributed by atoms with Gasteiger partial charge in [0.15, 0.2) is 5.65 Å². The van der Waals surface area contributed by atoms with Gasteiger partial charge in [-0.15, -0.1) is 0 Å². The van der Waals surface area contributed by atoms with Crippen molar-refractivity contribution >= 4 is 11.6 Å². The molecular weight excluding hydrogens is 384 g/mol. The summed E-state index contributed by atoms with van der Waals surface area (Å²) in [5.74, 6) is 0.00193. The van der Waals surface area contributed by atoms with Crippen LogP contribution in [0.3, 0.4) is 0 Å². The summed E-state index contributed by atoms with van der Waals surface area (Å²) in [6.07, 6.45) is 3.35. The molecule has 0 unspecified atom stereocenters. The van der Waals surface area contributed by atoms with E-state index in [2.05, 4.69) is 61.4 Å². The molecule has 0 spiro atoms. The fourth-order valence-corrected chi connectivity index (χ4v) is 4.47. The van der Waals surface area contributed by atoms with Gasteiger partial charge in [-0.05, 0) is 49.4 Å². The van der Waals surface area contributed by atoms with Crippen LogP contribution in [0.1, 0.15) is 49.6 Å². The van der Waals surface area contributed by atoms with E-state index in [1.807, 2.05) is 22.4 Å². The second kappa shape index (κ2) is 7.65. The van der Waals surface area contributed by atoms with E-state index in [-0.39, 0.29) is 5.91 Å². The van der Waals surface area contributed by atoms with E-state index >= 15 is 0 Å². The molecule has 0 aliphatic carbocycles. The predicted octanol–water partition coefficient (Wildman–Crippen LogP) is 4.44. The van der Waals surface area contributed by atoms with Crippen molar-refractivity contribution in [1.29, 1.82) is 0 Å². The lowest BCUT2D eigenvalue weighted by Crippen LogP contribution is -2.36. The van der Waals surface area contributed by atoms with Gasteiger partial charge in [0.25, 0.3) is 5.91 Å². The zero-order valence-electron chi connectivity index (χ0n) is 18.2. The van der Waals surface area contributed by atoms with Gasteiger partial charge in [-0.3, -0.25) is 4.79 Å². The minimum Gasteiger partial charge on any atom is -0.334 e. The quantitative estimate of drug-likeness (QED) is 0.502. The third-order valence-corrected chi connectivity index (χ3v) is 6.36. The van der Waals surface area contributed by atoms with Crippen LogP contribution >= 0.6 is 0 Å². The molecule has 0 N–H and O–H groups in total. The number of carbonyl (C=O) groups is 1. The van der Waals surface area contributed by atoms with E-state index in [9.17, 15) is 4.79 Å². The van der Waals surface area contributed by atoms with Gasteiger partial charge in [0.1, 0.15) is 5.56 Å². The van der Waals surface area contributed by atoms with Crippen LogP contribution in [0.4, 0.5) is 0 Å². The van der Waals surface area contributed by atoms with E-state index in [4.69, 9.17) is 4.98 Å². The topological polar surface area (TPSA) is 50.5 Å². The zero-order chi connectivity index (χ0) is 21.5. The average molecular weight is 411 g/mol. The van der Waals surface area contributed by atoms with Gasteiger partial charge >= 0.3 is 0 Å². The average Bonchev–Trinajstić information content (AvgIpc) is 3.21. The van der Waals surface area contributed by atoms with Crippen molar-refractivity contribution in [2.24, 2.45) is 0 Å². The summed E-state index contributed by atoms with van der Waals surface area (Å²) >= 11 is 0. The van der Waals surface area contributed by atoms with Crippen LogP contribution in [0.5, 0.6) is 0 Å². The number of fused-ring (bicyclic) bond motifs is 2. The summed E-state index contributed by atoms with van der Waals surface area (Å²) < 4.78 is 1.82. The molecule has 3 heterocycles. The molecule has 1 amide bonds. The third kappa shape index (κ3) is 3.50. The fraction of sp³-hybridized carbons (Fsp3) is 0.269. The molecule has 5 heteroatoms. The molecule has 0 saturated carbocycles. The van der Waals surface area contributed by atoms with Crippen molar-refractivity contribution in [3.05, 3.63) is 99.5 Å². The molecule has 0 saturated heterocycles. The Labute approximate surface area is 182 Å². The molecule has 0 radical (unpaired) electrons. The number of nitrogens with zero attached hydrogens (tertiary/aromatic N) is 4. The van der Waals surface area contributed by atoms with E-state index in [1.54, 1.807) is 6.20 Å². The highest BCUT2D eigenvalue weighted by atomic mass is 16.2. The van der Waals surface area contributed by atoms with Crippen molar-refractivity contribution < 1.29 is 4.79 Å². The van der Waals surface area contributed by atoms with Crippen LogP contribution in [0.2, 0.25) is 0 Å². The molecule has 5 rings (SSSR count). The molecule has 156 valence electrons. The first-order valence-electron chi connectivity index (χ1n) is 10.8. The van der Waals surface area contributed by atoms with E-state index in [0.29, 0.717) is 17.8 Å². The monoisotopic (exact) mass is 410 g/mol.